The number of esters is 2. The SMILES string of the molecule is CCCCCCCCCCOC(=O)[C@H](C)OC(=O)c1ccc(N=C(C)CC)cc1. The average molecular weight is 404 g/mol. The van der Waals surface area contributed by atoms with Gasteiger partial charge in [0.25, 0.3) is 0 Å². The molecule has 1 aromatic rings. The summed E-state index contributed by atoms with van der Waals surface area (Å²) in [5.41, 5.74) is 2.20. The van der Waals surface area contributed by atoms with Gasteiger partial charge in [0.2, 0.25) is 0 Å². The van der Waals surface area contributed by atoms with E-state index in [1.165, 1.54) is 45.4 Å². The van der Waals surface area contributed by atoms with E-state index in [1.807, 2.05) is 13.8 Å². The molecular weight excluding hydrogens is 366 g/mol. The molecule has 0 radical (unpaired) electrons. The van der Waals surface area contributed by atoms with Crippen LogP contribution in [0.1, 0.15) is 95.8 Å². The van der Waals surface area contributed by atoms with Crippen molar-refractivity contribution < 1.29 is 19.1 Å². The summed E-state index contributed by atoms with van der Waals surface area (Å²) in [6.07, 6.45) is 9.43. The van der Waals surface area contributed by atoms with Gasteiger partial charge in [0, 0.05) is 5.71 Å². The molecule has 1 rings (SSSR count). The second-order valence-electron chi connectivity index (χ2n) is 7.44. The fourth-order valence-electron chi connectivity index (χ4n) is 2.77. The first-order valence-electron chi connectivity index (χ1n) is 11.0. The Morgan fingerprint density at radius 1 is 0.931 bits per heavy atom. The number of hydrogen-bond acceptors (Lipinski definition) is 5. The lowest BCUT2D eigenvalue weighted by atomic mass is 10.1. The van der Waals surface area contributed by atoms with E-state index in [0.29, 0.717) is 12.2 Å². The number of nitrogens with zero attached hydrogens (tertiary/aromatic N) is 1. The smallest absolute Gasteiger partial charge is 0.347 e. The summed E-state index contributed by atoms with van der Waals surface area (Å²) < 4.78 is 10.5. The minimum Gasteiger partial charge on any atom is -0.463 e. The van der Waals surface area contributed by atoms with Gasteiger partial charge in [-0.2, -0.15) is 0 Å². The van der Waals surface area contributed by atoms with Crippen molar-refractivity contribution in [2.45, 2.75) is 91.6 Å². The number of ether oxygens (including phenoxy) is 2. The second-order valence-corrected chi connectivity index (χ2v) is 7.44. The van der Waals surface area contributed by atoms with Gasteiger partial charge in [0.1, 0.15) is 0 Å². The predicted molar refractivity (Wildman–Crippen MR) is 118 cm³/mol. The molecule has 0 aliphatic carbocycles. The molecule has 5 nitrogen and oxygen atoms in total. The molecule has 0 N–H and O–H groups in total. The van der Waals surface area contributed by atoms with Gasteiger partial charge in [-0.1, -0.05) is 58.8 Å². The Kier molecular flexibility index (Phi) is 12.7. The third kappa shape index (κ3) is 10.8. The normalized spacial score (nSPS) is 12.5. The third-order valence-electron chi connectivity index (χ3n) is 4.79. The van der Waals surface area contributed by atoms with Crippen LogP contribution in [0.15, 0.2) is 29.3 Å². The van der Waals surface area contributed by atoms with Crippen LogP contribution in [0, 0.1) is 0 Å². The van der Waals surface area contributed by atoms with E-state index in [-0.39, 0.29) is 0 Å². The summed E-state index contributed by atoms with van der Waals surface area (Å²) in [6, 6.07) is 6.84. The number of unbranched alkanes of at least 4 members (excludes halogenated alkanes) is 7. The highest BCUT2D eigenvalue weighted by Crippen LogP contribution is 2.15. The summed E-state index contributed by atoms with van der Waals surface area (Å²) in [4.78, 5) is 28.6. The Bertz CT molecular complexity index is 637. The highest BCUT2D eigenvalue weighted by atomic mass is 16.6. The third-order valence-corrected chi connectivity index (χ3v) is 4.79. The van der Waals surface area contributed by atoms with Gasteiger partial charge < -0.3 is 9.47 Å². The lowest BCUT2D eigenvalue weighted by molar-refractivity contribution is -0.153. The van der Waals surface area contributed by atoms with Gasteiger partial charge in [-0.05, 0) is 51.0 Å². The molecule has 0 amide bonds. The van der Waals surface area contributed by atoms with Gasteiger partial charge in [0.05, 0.1) is 17.9 Å². The van der Waals surface area contributed by atoms with Crippen molar-refractivity contribution >= 4 is 23.3 Å². The molecule has 0 saturated heterocycles. The number of carbonyl (C=O) groups excluding carboxylic acids is 2. The zero-order valence-corrected chi connectivity index (χ0v) is 18.5. The van der Waals surface area contributed by atoms with Gasteiger partial charge in [-0.3, -0.25) is 4.99 Å². The first-order valence-corrected chi connectivity index (χ1v) is 11.0. The predicted octanol–water partition coefficient (Wildman–Crippen LogP) is 6.42. The molecule has 0 aliphatic heterocycles. The molecule has 29 heavy (non-hydrogen) atoms. The molecule has 0 saturated carbocycles. The molecule has 1 aromatic carbocycles. The van der Waals surface area contributed by atoms with Crippen molar-refractivity contribution in [1.82, 2.24) is 0 Å². The monoisotopic (exact) mass is 403 g/mol. The van der Waals surface area contributed by atoms with Gasteiger partial charge in [-0.25, -0.2) is 9.59 Å². The highest BCUT2D eigenvalue weighted by molar-refractivity contribution is 5.92. The highest BCUT2D eigenvalue weighted by Gasteiger charge is 2.20. The van der Waals surface area contributed by atoms with E-state index in [4.69, 9.17) is 9.47 Å². The molecule has 0 spiro atoms. The van der Waals surface area contributed by atoms with Crippen LogP contribution in [0.2, 0.25) is 0 Å². The number of carbonyl (C=O) groups is 2. The zero-order valence-electron chi connectivity index (χ0n) is 18.5. The van der Waals surface area contributed by atoms with E-state index in [9.17, 15) is 9.59 Å². The minimum absolute atomic E-state index is 0.374. The fraction of sp³-hybridized carbons (Fsp3) is 0.625. The Balaban J connectivity index is 2.27. The first kappa shape index (κ1) is 24.9. The Morgan fingerprint density at radius 3 is 2.10 bits per heavy atom. The Hall–Kier alpha value is -2.17. The molecule has 162 valence electrons. The largest absolute Gasteiger partial charge is 0.463 e. The van der Waals surface area contributed by atoms with Gasteiger partial charge in [0.15, 0.2) is 6.10 Å². The summed E-state index contributed by atoms with van der Waals surface area (Å²) in [5.74, 6) is -1.04. The maximum atomic E-state index is 12.2. The molecule has 0 fully saturated rings. The minimum atomic E-state index is -0.920. The lowest BCUT2D eigenvalue weighted by Crippen LogP contribution is -2.26. The summed E-state index contributed by atoms with van der Waals surface area (Å²) >= 11 is 0. The maximum absolute atomic E-state index is 12.2. The van der Waals surface area contributed by atoms with Crippen molar-refractivity contribution in [3.63, 3.8) is 0 Å². The average Bonchev–Trinajstić information content (AvgIpc) is 2.72. The molecule has 5 heteroatoms. The lowest BCUT2D eigenvalue weighted by Gasteiger charge is -2.13. The molecule has 0 aromatic heterocycles. The Labute approximate surface area is 175 Å². The van der Waals surface area contributed by atoms with Crippen molar-refractivity contribution in [2.75, 3.05) is 6.61 Å². The number of aliphatic imine (C=N–C) groups is 1. The number of rotatable bonds is 14. The molecular formula is C24H37NO4. The van der Waals surface area contributed by atoms with Crippen LogP contribution >= 0.6 is 0 Å². The van der Waals surface area contributed by atoms with Crippen LogP contribution in [0.4, 0.5) is 5.69 Å². The molecule has 0 heterocycles. The van der Waals surface area contributed by atoms with Crippen LogP contribution in [-0.2, 0) is 14.3 Å². The number of benzene rings is 1. The van der Waals surface area contributed by atoms with Crippen molar-refractivity contribution in [2.24, 2.45) is 4.99 Å². The summed E-state index contributed by atoms with van der Waals surface area (Å²) in [5, 5.41) is 0. The molecule has 0 unspecified atom stereocenters. The van der Waals surface area contributed by atoms with Crippen LogP contribution < -0.4 is 0 Å². The number of hydrogen-bond donors (Lipinski definition) is 0. The van der Waals surface area contributed by atoms with E-state index >= 15 is 0 Å². The van der Waals surface area contributed by atoms with Crippen LogP contribution in [0.25, 0.3) is 0 Å². The van der Waals surface area contributed by atoms with E-state index in [1.54, 1.807) is 24.3 Å². The van der Waals surface area contributed by atoms with Crippen LogP contribution in [0.3, 0.4) is 0 Å². The quantitative estimate of drug-likeness (QED) is 0.204. The molecule has 0 aliphatic rings. The van der Waals surface area contributed by atoms with E-state index in [0.717, 1.165) is 30.7 Å². The zero-order chi connectivity index (χ0) is 21.5. The van der Waals surface area contributed by atoms with Crippen molar-refractivity contribution in [3.05, 3.63) is 29.8 Å². The Morgan fingerprint density at radius 2 is 1.52 bits per heavy atom. The van der Waals surface area contributed by atoms with E-state index < -0.39 is 18.0 Å². The molecule has 0 bridgehead atoms. The van der Waals surface area contributed by atoms with E-state index in [2.05, 4.69) is 11.9 Å². The summed E-state index contributed by atoms with van der Waals surface area (Å²) in [6.45, 7) is 8.13. The van der Waals surface area contributed by atoms with Crippen LogP contribution in [0.5, 0.6) is 0 Å². The standard InChI is InChI=1S/C24H37NO4/c1-5-7-8-9-10-11-12-13-18-28-23(26)20(4)29-24(27)21-14-16-22(17-15-21)25-19(3)6-2/h14-17,20H,5-13,18H2,1-4H3/t20-/m0/s1. The fourth-order valence-corrected chi connectivity index (χ4v) is 2.77. The topological polar surface area (TPSA) is 65.0 Å². The molecule has 1 atom stereocenters. The second kappa shape index (κ2) is 14.8. The van der Waals surface area contributed by atoms with Crippen molar-refractivity contribution in [1.29, 1.82) is 0 Å². The van der Waals surface area contributed by atoms with Crippen LogP contribution in [-0.4, -0.2) is 30.4 Å². The van der Waals surface area contributed by atoms with Gasteiger partial charge >= 0.3 is 11.9 Å². The van der Waals surface area contributed by atoms with Gasteiger partial charge in [-0.15, -0.1) is 0 Å². The first-order chi connectivity index (χ1) is 14.0. The van der Waals surface area contributed by atoms with Crippen molar-refractivity contribution in [3.8, 4) is 0 Å². The maximum Gasteiger partial charge on any atom is 0.347 e. The summed E-state index contributed by atoms with van der Waals surface area (Å²) in [7, 11) is 0.